The van der Waals surface area contributed by atoms with Crippen molar-refractivity contribution >= 4 is 6.21 Å². The van der Waals surface area contributed by atoms with Crippen LogP contribution in [0.5, 0.6) is 0 Å². The van der Waals surface area contributed by atoms with Gasteiger partial charge in [0.25, 0.3) is 0 Å². The summed E-state index contributed by atoms with van der Waals surface area (Å²) in [5.41, 5.74) is 1.31. The summed E-state index contributed by atoms with van der Waals surface area (Å²) in [6.45, 7) is 0. The highest BCUT2D eigenvalue weighted by Gasteiger charge is 2.22. The van der Waals surface area contributed by atoms with Crippen LogP contribution in [0.15, 0.2) is 16.8 Å². The highest BCUT2D eigenvalue weighted by molar-refractivity contribution is 5.79. The van der Waals surface area contributed by atoms with Gasteiger partial charge >= 0.3 is 0 Å². The molecule has 1 heterocycles. The molecule has 2 aliphatic rings. The smallest absolute Gasteiger partial charge is 0.0421 e. The van der Waals surface area contributed by atoms with Crippen molar-refractivity contribution in [3.63, 3.8) is 0 Å². The van der Waals surface area contributed by atoms with E-state index in [1.165, 1.54) is 25.0 Å². The average Bonchev–Trinajstić information content (AvgIpc) is 2.36. The van der Waals surface area contributed by atoms with E-state index in [0.717, 1.165) is 5.92 Å². The summed E-state index contributed by atoms with van der Waals surface area (Å²) in [5.74, 6) is 0.999. The van der Waals surface area contributed by atoms with E-state index in [2.05, 4.69) is 11.1 Å². The molecular formula is C7H9N. The molecule has 8 heavy (non-hydrogen) atoms. The maximum Gasteiger partial charge on any atom is 0.0421 e. The van der Waals surface area contributed by atoms with Crippen LogP contribution in [0.3, 0.4) is 0 Å². The molecule has 2 rings (SSSR count). The molecule has 1 aliphatic heterocycles. The Labute approximate surface area is 49.1 Å². The van der Waals surface area contributed by atoms with Crippen molar-refractivity contribution in [2.24, 2.45) is 10.9 Å². The summed E-state index contributed by atoms with van der Waals surface area (Å²) in [6.07, 6.45) is 8.10. The first-order valence-corrected chi connectivity index (χ1v) is 3.18. The van der Waals surface area contributed by atoms with Crippen molar-refractivity contribution in [1.82, 2.24) is 0 Å². The number of hydrogen-bond acceptors (Lipinski definition) is 1. The van der Waals surface area contributed by atoms with Gasteiger partial charge in [-0.1, -0.05) is 0 Å². The second kappa shape index (κ2) is 1.44. The van der Waals surface area contributed by atoms with E-state index in [0.29, 0.717) is 0 Å². The van der Waals surface area contributed by atoms with Crippen LogP contribution in [0.1, 0.15) is 19.3 Å². The molecule has 1 saturated carbocycles. The first kappa shape index (κ1) is 4.30. The normalized spacial score (nSPS) is 24.8. The lowest BCUT2D eigenvalue weighted by Gasteiger charge is -2.02. The molecule has 0 saturated heterocycles. The van der Waals surface area contributed by atoms with E-state index < -0.39 is 0 Å². The van der Waals surface area contributed by atoms with Gasteiger partial charge in [-0.15, -0.1) is 0 Å². The number of allylic oxidation sites excluding steroid dienone is 2. The summed E-state index contributed by atoms with van der Waals surface area (Å²) in [7, 11) is 0. The Morgan fingerprint density at radius 2 is 2.38 bits per heavy atom. The van der Waals surface area contributed by atoms with Crippen molar-refractivity contribution in [3.05, 3.63) is 11.8 Å². The molecule has 0 amide bonds. The molecule has 0 unspecified atom stereocenters. The predicted molar refractivity (Wildman–Crippen MR) is 33.9 cm³/mol. The maximum absolute atomic E-state index is 4.09. The van der Waals surface area contributed by atoms with E-state index in [1.54, 1.807) is 0 Å². The molecule has 1 aliphatic carbocycles. The summed E-state index contributed by atoms with van der Waals surface area (Å²) in [6, 6.07) is 0. The highest BCUT2D eigenvalue weighted by atomic mass is 14.8. The molecule has 42 valence electrons. The van der Waals surface area contributed by atoms with Gasteiger partial charge in [-0.25, -0.2) is 0 Å². The Kier molecular flexibility index (Phi) is 0.775. The van der Waals surface area contributed by atoms with Crippen LogP contribution in [0.2, 0.25) is 0 Å². The third-order valence-corrected chi connectivity index (χ3v) is 1.70. The van der Waals surface area contributed by atoms with Crippen LogP contribution >= 0.6 is 0 Å². The topological polar surface area (TPSA) is 12.4 Å². The van der Waals surface area contributed by atoms with Crippen LogP contribution in [-0.4, -0.2) is 6.21 Å². The molecule has 0 atom stereocenters. The molecule has 1 fully saturated rings. The Bertz CT molecular complexity index is 152. The van der Waals surface area contributed by atoms with Crippen molar-refractivity contribution in [1.29, 1.82) is 0 Å². The fourth-order valence-corrected chi connectivity index (χ4v) is 0.918. The van der Waals surface area contributed by atoms with Crippen LogP contribution in [0.25, 0.3) is 0 Å². The monoisotopic (exact) mass is 107 g/mol. The van der Waals surface area contributed by atoms with Gasteiger partial charge in [0, 0.05) is 11.9 Å². The van der Waals surface area contributed by atoms with Gasteiger partial charge in [0.2, 0.25) is 0 Å². The molecule has 0 aromatic carbocycles. The zero-order valence-electron chi connectivity index (χ0n) is 4.80. The highest BCUT2D eigenvalue weighted by Crippen LogP contribution is 2.36. The third kappa shape index (κ3) is 0.683. The van der Waals surface area contributed by atoms with Crippen molar-refractivity contribution < 1.29 is 0 Å². The van der Waals surface area contributed by atoms with Gasteiger partial charge in [0.15, 0.2) is 0 Å². The predicted octanol–water partition coefficient (Wildman–Crippen LogP) is 1.75. The fraction of sp³-hybridized carbons (Fsp3) is 0.571. The van der Waals surface area contributed by atoms with Crippen LogP contribution in [0.4, 0.5) is 0 Å². The molecule has 0 radical (unpaired) electrons. The van der Waals surface area contributed by atoms with Gasteiger partial charge in [-0.2, -0.15) is 0 Å². The zero-order chi connectivity index (χ0) is 5.40. The Morgan fingerprint density at radius 3 is 2.75 bits per heavy atom. The van der Waals surface area contributed by atoms with Gasteiger partial charge in [-0.3, -0.25) is 4.99 Å². The van der Waals surface area contributed by atoms with Gasteiger partial charge < -0.3 is 0 Å². The number of aliphatic imine (C=N–C) groups is 1. The van der Waals surface area contributed by atoms with Crippen LogP contribution < -0.4 is 0 Å². The van der Waals surface area contributed by atoms with Crippen molar-refractivity contribution in [2.75, 3.05) is 0 Å². The first-order valence-electron chi connectivity index (χ1n) is 3.18. The van der Waals surface area contributed by atoms with E-state index >= 15 is 0 Å². The second-order valence-corrected chi connectivity index (χ2v) is 2.58. The molecule has 1 heteroatoms. The SMILES string of the molecule is C1=NC(CC2CC2)=C1. The molecule has 0 N–H and O–H groups in total. The van der Waals surface area contributed by atoms with Crippen molar-refractivity contribution in [3.8, 4) is 0 Å². The summed E-state index contributed by atoms with van der Waals surface area (Å²) in [5, 5.41) is 0. The van der Waals surface area contributed by atoms with E-state index in [-0.39, 0.29) is 0 Å². The standard InChI is InChI=1S/C7H9N/c1-2-6(1)5-7-3-4-8-7/h3-4,6H,1-2,5H2. The summed E-state index contributed by atoms with van der Waals surface area (Å²) in [4.78, 5) is 4.09. The van der Waals surface area contributed by atoms with Gasteiger partial charge in [0.05, 0.1) is 0 Å². The Hall–Kier alpha value is -0.590. The minimum absolute atomic E-state index is 0.999. The maximum atomic E-state index is 4.09. The first-order chi connectivity index (χ1) is 3.95. The van der Waals surface area contributed by atoms with E-state index in [9.17, 15) is 0 Å². The number of hydrogen-bond donors (Lipinski definition) is 0. The van der Waals surface area contributed by atoms with E-state index in [4.69, 9.17) is 0 Å². The summed E-state index contributed by atoms with van der Waals surface area (Å²) < 4.78 is 0. The van der Waals surface area contributed by atoms with Gasteiger partial charge in [0.1, 0.15) is 0 Å². The second-order valence-electron chi connectivity index (χ2n) is 2.58. The molecule has 0 aromatic rings. The molecule has 0 spiro atoms. The molecule has 1 nitrogen and oxygen atoms in total. The molecule has 0 bridgehead atoms. The minimum Gasteiger partial charge on any atom is -0.261 e. The Morgan fingerprint density at radius 1 is 1.62 bits per heavy atom. The zero-order valence-corrected chi connectivity index (χ0v) is 4.80. The average molecular weight is 107 g/mol. The number of nitrogens with zero attached hydrogens (tertiary/aromatic N) is 1. The lowest BCUT2D eigenvalue weighted by atomic mass is 10.2. The molecular weight excluding hydrogens is 98.1 g/mol. The quantitative estimate of drug-likeness (QED) is 0.509. The summed E-state index contributed by atoms with van der Waals surface area (Å²) >= 11 is 0. The largest absolute Gasteiger partial charge is 0.261 e. The van der Waals surface area contributed by atoms with Gasteiger partial charge in [-0.05, 0) is 31.3 Å². The third-order valence-electron chi connectivity index (χ3n) is 1.70. The lowest BCUT2D eigenvalue weighted by molar-refractivity contribution is 0.808. The fourth-order valence-electron chi connectivity index (χ4n) is 0.918. The van der Waals surface area contributed by atoms with Crippen LogP contribution in [0, 0.1) is 5.92 Å². The molecule has 0 aromatic heterocycles. The number of rotatable bonds is 2. The van der Waals surface area contributed by atoms with Crippen LogP contribution in [-0.2, 0) is 0 Å². The van der Waals surface area contributed by atoms with Crippen molar-refractivity contribution in [2.45, 2.75) is 19.3 Å². The van der Waals surface area contributed by atoms with E-state index in [1.807, 2.05) is 6.21 Å². The Balaban J connectivity index is 1.82. The minimum atomic E-state index is 0.999. The lowest BCUT2D eigenvalue weighted by Crippen LogP contribution is -1.90.